The van der Waals surface area contributed by atoms with E-state index in [0.717, 1.165) is 17.7 Å². The van der Waals surface area contributed by atoms with Crippen molar-refractivity contribution in [3.63, 3.8) is 0 Å². The van der Waals surface area contributed by atoms with E-state index >= 15 is 0 Å². The van der Waals surface area contributed by atoms with Gasteiger partial charge in [-0.3, -0.25) is 4.79 Å². The molecule has 0 radical (unpaired) electrons. The monoisotopic (exact) mass is 274 g/mol. The molecule has 0 spiro atoms. The summed E-state index contributed by atoms with van der Waals surface area (Å²) in [5.74, 6) is 5.97. The van der Waals surface area contributed by atoms with Gasteiger partial charge in [0.25, 0.3) is 0 Å². The van der Waals surface area contributed by atoms with Gasteiger partial charge in [-0.1, -0.05) is 38.3 Å². The highest BCUT2D eigenvalue weighted by atomic mass is 16.5. The molecule has 108 valence electrons. The molecular formula is C17H22O3. The average molecular weight is 274 g/mol. The summed E-state index contributed by atoms with van der Waals surface area (Å²) in [6.45, 7) is 6.70. The third-order valence-electron chi connectivity index (χ3n) is 3.21. The van der Waals surface area contributed by atoms with Gasteiger partial charge >= 0.3 is 5.97 Å². The fraction of sp³-hybridized carbons (Fsp3) is 0.471. The smallest absolute Gasteiger partial charge is 0.304 e. The fourth-order valence-electron chi connectivity index (χ4n) is 1.75. The molecule has 0 saturated heterocycles. The molecule has 0 amide bonds. The number of hydrogen-bond acceptors (Lipinski definition) is 2. The van der Waals surface area contributed by atoms with Crippen LogP contribution in [0.2, 0.25) is 0 Å². The minimum absolute atomic E-state index is 0.0217. The van der Waals surface area contributed by atoms with Crippen LogP contribution in [0, 0.1) is 17.8 Å². The van der Waals surface area contributed by atoms with Gasteiger partial charge in [-0.2, -0.15) is 0 Å². The Labute approximate surface area is 121 Å². The molecule has 0 fully saturated rings. The SMILES string of the molecule is CC#C[C@H](CC(=O)O)c1ccc(OC[C@H](C)CC)cc1. The van der Waals surface area contributed by atoms with E-state index in [2.05, 4.69) is 25.7 Å². The van der Waals surface area contributed by atoms with Gasteiger partial charge in [0.15, 0.2) is 0 Å². The van der Waals surface area contributed by atoms with Gasteiger partial charge < -0.3 is 9.84 Å². The third-order valence-corrected chi connectivity index (χ3v) is 3.21. The Morgan fingerprint density at radius 1 is 1.35 bits per heavy atom. The number of carboxylic acids is 1. The highest BCUT2D eigenvalue weighted by Crippen LogP contribution is 2.22. The summed E-state index contributed by atoms with van der Waals surface area (Å²) in [5.41, 5.74) is 0.914. The number of rotatable bonds is 7. The maximum Gasteiger partial charge on any atom is 0.304 e. The van der Waals surface area contributed by atoms with Crippen molar-refractivity contribution >= 4 is 5.97 Å². The van der Waals surface area contributed by atoms with Crippen LogP contribution in [0.4, 0.5) is 0 Å². The number of carbonyl (C=O) groups is 1. The molecular weight excluding hydrogens is 252 g/mol. The summed E-state index contributed by atoms with van der Waals surface area (Å²) in [5, 5.41) is 8.91. The molecule has 1 rings (SSSR count). The molecule has 0 aliphatic heterocycles. The fourth-order valence-corrected chi connectivity index (χ4v) is 1.75. The Morgan fingerprint density at radius 3 is 2.50 bits per heavy atom. The van der Waals surface area contributed by atoms with Crippen LogP contribution in [0.25, 0.3) is 0 Å². The normalized spacial score (nSPS) is 12.9. The van der Waals surface area contributed by atoms with E-state index in [1.165, 1.54) is 0 Å². The van der Waals surface area contributed by atoms with Crippen LogP contribution < -0.4 is 4.74 Å². The molecule has 0 bridgehead atoms. The van der Waals surface area contributed by atoms with Crippen LogP contribution >= 0.6 is 0 Å². The van der Waals surface area contributed by atoms with Crippen molar-refractivity contribution in [3.8, 4) is 17.6 Å². The molecule has 0 saturated carbocycles. The zero-order valence-electron chi connectivity index (χ0n) is 12.3. The Hall–Kier alpha value is -1.95. The molecule has 0 aromatic heterocycles. The van der Waals surface area contributed by atoms with E-state index in [0.29, 0.717) is 12.5 Å². The number of hydrogen-bond donors (Lipinski definition) is 1. The number of ether oxygens (including phenoxy) is 1. The van der Waals surface area contributed by atoms with Gasteiger partial charge in [-0.15, -0.1) is 5.92 Å². The number of benzene rings is 1. The number of aliphatic carboxylic acids is 1. The maximum absolute atomic E-state index is 10.8. The van der Waals surface area contributed by atoms with Crippen molar-refractivity contribution in [2.45, 2.75) is 39.5 Å². The minimum atomic E-state index is -0.838. The van der Waals surface area contributed by atoms with E-state index in [1.807, 2.05) is 24.3 Å². The van der Waals surface area contributed by atoms with Crippen LogP contribution in [0.15, 0.2) is 24.3 Å². The predicted molar refractivity (Wildman–Crippen MR) is 79.8 cm³/mol. The summed E-state index contributed by atoms with van der Waals surface area (Å²) in [4.78, 5) is 10.8. The minimum Gasteiger partial charge on any atom is -0.493 e. The van der Waals surface area contributed by atoms with Crippen LogP contribution in [0.3, 0.4) is 0 Å². The van der Waals surface area contributed by atoms with Gasteiger partial charge in [0.1, 0.15) is 5.75 Å². The van der Waals surface area contributed by atoms with E-state index in [1.54, 1.807) is 6.92 Å². The first-order valence-electron chi connectivity index (χ1n) is 6.93. The van der Waals surface area contributed by atoms with Gasteiger partial charge in [0.2, 0.25) is 0 Å². The summed E-state index contributed by atoms with van der Waals surface area (Å²) in [6, 6.07) is 7.54. The zero-order chi connectivity index (χ0) is 15.0. The van der Waals surface area contributed by atoms with Crippen molar-refractivity contribution in [2.75, 3.05) is 6.61 Å². The first-order valence-corrected chi connectivity index (χ1v) is 6.93. The standard InChI is InChI=1S/C17H22O3/c1-4-6-15(11-17(18)19)14-7-9-16(10-8-14)20-12-13(3)5-2/h7-10,13,15H,5,11-12H2,1-3H3,(H,18,19)/t13-,15-/m1/s1. The summed E-state index contributed by atoms with van der Waals surface area (Å²) in [7, 11) is 0. The first-order chi connectivity index (χ1) is 9.56. The molecule has 3 heteroatoms. The largest absolute Gasteiger partial charge is 0.493 e. The predicted octanol–water partition coefficient (Wildman–Crippen LogP) is 3.69. The van der Waals surface area contributed by atoms with Crippen molar-refractivity contribution in [3.05, 3.63) is 29.8 Å². The van der Waals surface area contributed by atoms with E-state index in [9.17, 15) is 4.79 Å². The molecule has 3 nitrogen and oxygen atoms in total. The molecule has 0 unspecified atom stereocenters. The van der Waals surface area contributed by atoms with Crippen molar-refractivity contribution in [2.24, 2.45) is 5.92 Å². The van der Waals surface area contributed by atoms with Crippen LogP contribution in [-0.2, 0) is 4.79 Å². The molecule has 0 heterocycles. The maximum atomic E-state index is 10.8. The highest BCUT2D eigenvalue weighted by Gasteiger charge is 2.13. The first kappa shape index (κ1) is 16.1. The zero-order valence-corrected chi connectivity index (χ0v) is 12.3. The van der Waals surface area contributed by atoms with Crippen LogP contribution in [-0.4, -0.2) is 17.7 Å². The summed E-state index contributed by atoms with van der Waals surface area (Å²) < 4.78 is 5.68. The van der Waals surface area contributed by atoms with Gasteiger partial charge in [-0.25, -0.2) is 0 Å². The lowest BCUT2D eigenvalue weighted by Gasteiger charge is -2.13. The lowest BCUT2D eigenvalue weighted by molar-refractivity contribution is -0.137. The number of carboxylic acid groups (broad SMARTS) is 1. The Bertz CT molecular complexity index is 479. The molecule has 0 aliphatic rings. The summed E-state index contributed by atoms with van der Waals surface area (Å²) >= 11 is 0. The topological polar surface area (TPSA) is 46.5 Å². The molecule has 0 aliphatic carbocycles. The second kappa shape index (κ2) is 8.27. The van der Waals surface area contributed by atoms with Crippen molar-refractivity contribution in [1.82, 2.24) is 0 Å². The summed E-state index contributed by atoms with van der Waals surface area (Å²) in [6.07, 6.45) is 1.11. The van der Waals surface area contributed by atoms with E-state index in [4.69, 9.17) is 9.84 Å². The Kier molecular flexibility index (Phi) is 6.66. The van der Waals surface area contributed by atoms with Gasteiger partial charge in [-0.05, 0) is 30.5 Å². The highest BCUT2D eigenvalue weighted by molar-refractivity contribution is 5.69. The lowest BCUT2D eigenvalue weighted by Crippen LogP contribution is -2.07. The van der Waals surface area contributed by atoms with Crippen LogP contribution in [0.1, 0.15) is 45.1 Å². The Balaban J connectivity index is 2.72. The molecule has 1 aromatic carbocycles. The van der Waals surface area contributed by atoms with Crippen molar-refractivity contribution in [1.29, 1.82) is 0 Å². The van der Waals surface area contributed by atoms with Gasteiger partial charge in [0, 0.05) is 0 Å². The lowest BCUT2D eigenvalue weighted by atomic mass is 9.96. The third kappa shape index (κ3) is 5.36. The molecule has 1 aromatic rings. The second-order valence-electron chi connectivity index (χ2n) is 4.94. The van der Waals surface area contributed by atoms with E-state index in [-0.39, 0.29) is 12.3 Å². The second-order valence-corrected chi connectivity index (χ2v) is 4.94. The van der Waals surface area contributed by atoms with Gasteiger partial charge in [0.05, 0.1) is 18.9 Å². The van der Waals surface area contributed by atoms with Crippen molar-refractivity contribution < 1.29 is 14.6 Å². The van der Waals surface area contributed by atoms with E-state index < -0.39 is 5.97 Å². The average Bonchev–Trinajstić information content (AvgIpc) is 2.44. The Morgan fingerprint density at radius 2 is 2.00 bits per heavy atom. The molecule has 20 heavy (non-hydrogen) atoms. The molecule has 2 atom stereocenters. The van der Waals surface area contributed by atoms with Crippen LogP contribution in [0.5, 0.6) is 5.75 Å². The quantitative estimate of drug-likeness (QED) is 0.771. The molecule has 1 N–H and O–H groups in total.